The van der Waals surface area contributed by atoms with Crippen LogP contribution in [-0.2, 0) is 6.42 Å². The predicted octanol–water partition coefficient (Wildman–Crippen LogP) is 0.365. The number of hydrogen-bond donors (Lipinski definition) is 1. The molecule has 0 radical (unpaired) electrons. The van der Waals surface area contributed by atoms with E-state index in [1.807, 2.05) is 0 Å². The number of carboxylic acid groups (broad SMARTS) is 1. The van der Waals surface area contributed by atoms with Crippen molar-refractivity contribution in [3.8, 4) is 5.75 Å². The normalized spacial score (nSPS) is 9.95. The second kappa shape index (κ2) is 10.3. The molecule has 3 nitrogen and oxygen atoms in total. The molecule has 1 aromatic rings. The fourth-order valence-corrected chi connectivity index (χ4v) is 2.01. The Balaban J connectivity index is 0.00000324. The molecule has 1 rings (SSSR count). The predicted molar refractivity (Wildman–Crippen MR) is 69.9 cm³/mol. The zero-order valence-electron chi connectivity index (χ0n) is 11.9. The van der Waals surface area contributed by atoms with E-state index in [9.17, 15) is 9.90 Å². The summed E-state index contributed by atoms with van der Waals surface area (Å²) in [6.45, 7) is 2.19. The molecular formula is C15H21NaO3. The summed E-state index contributed by atoms with van der Waals surface area (Å²) in [7, 11) is 0. The van der Waals surface area contributed by atoms with Crippen LogP contribution in [0.3, 0.4) is 0 Å². The second-order valence-corrected chi connectivity index (χ2v) is 4.65. The van der Waals surface area contributed by atoms with Gasteiger partial charge >= 0.3 is 35.5 Å². The van der Waals surface area contributed by atoms with Gasteiger partial charge in [-0.05, 0) is 24.5 Å². The van der Waals surface area contributed by atoms with Crippen LogP contribution in [0.25, 0.3) is 0 Å². The first kappa shape index (κ1) is 18.5. The fourth-order valence-electron chi connectivity index (χ4n) is 2.01. The number of carboxylic acids is 1. The van der Waals surface area contributed by atoms with Crippen molar-refractivity contribution in [3.63, 3.8) is 0 Å². The van der Waals surface area contributed by atoms with Crippen LogP contribution in [0.5, 0.6) is 5.75 Å². The molecule has 0 unspecified atom stereocenters. The SMILES string of the molecule is CCCCCCCCc1ccc([O-])c(C(=O)O)c1.[Na+]. The summed E-state index contributed by atoms with van der Waals surface area (Å²) in [5.74, 6) is -1.54. The molecule has 0 saturated carbocycles. The van der Waals surface area contributed by atoms with E-state index >= 15 is 0 Å². The number of rotatable bonds is 8. The summed E-state index contributed by atoms with van der Waals surface area (Å²) in [4.78, 5) is 10.8. The molecule has 0 fully saturated rings. The third kappa shape index (κ3) is 7.00. The maximum absolute atomic E-state index is 11.3. The van der Waals surface area contributed by atoms with Crippen LogP contribution in [0, 0.1) is 0 Å². The molecule has 0 aromatic heterocycles. The van der Waals surface area contributed by atoms with Crippen LogP contribution < -0.4 is 34.7 Å². The maximum atomic E-state index is 11.3. The zero-order valence-corrected chi connectivity index (χ0v) is 13.9. The van der Waals surface area contributed by atoms with Crippen molar-refractivity contribution in [2.45, 2.75) is 51.9 Å². The molecule has 1 N–H and O–H groups in total. The van der Waals surface area contributed by atoms with Gasteiger partial charge in [-0.1, -0.05) is 56.9 Å². The molecule has 100 valence electrons. The summed E-state index contributed by atoms with van der Waals surface area (Å²) in [5, 5.41) is 20.1. The molecule has 0 aliphatic heterocycles. The molecule has 0 atom stereocenters. The Morgan fingerprint density at radius 1 is 1.16 bits per heavy atom. The Morgan fingerprint density at radius 2 is 1.79 bits per heavy atom. The Bertz CT molecular complexity index is 391. The van der Waals surface area contributed by atoms with Gasteiger partial charge in [0.1, 0.15) is 0 Å². The van der Waals surface area contributed by atoms with Gasteiger partial charge < -0.3 is 10.2 Å². The van der Waals surface area contributed by atoms with E-state index in [1.165, 1.54) is 44.2 Å². The van der Waals surface area contributed by atoms with Crippen molar-refractivity contribution in [2.24, 2.45) is 0 Å². The minimum absolute atomic E-state index is 0. The molecule has 0 amide bonds. The summed E-state index contributed by atoms with van der Waals surface area (Å²) >= 11 is 0. The first-order valence-corrected chi connectivity index (χ1v) is 6.68. The average Bonchev–Trinajstić information content (AvgIpc) is 2.35. The number of benzene rings is 1. The quantitative estimate of drug-likeness (QED) is 0.549. The number of unbranched alkanes of at least 4 members (excludes halogenated alkanes) is 5. The van der Waals surface area contributed by atoms with Crippen molar-refractivity contribution in [3.05, 3.63) is 29.3 Å². The molecule has 0 heterocycles. The van der Waals surface area contributed by atoms with E-state index in [2.05, 4.69) is 6.92 Å². The molecule has 0 saturated heterocycles. The largest absolute Gasteiger partial charge is 1.00 e. The third-order valence-corrected chi connectivity index (χ3v) is 3.09. The molecule has 0 bridgehead atoms. The number of aromatic carboxylic acids is 1. The van der Waals surface area contributed by atoms with Crippen LogP contribution in [0.2, 0.25) is 0 Å². The van der Waals surface area contributed by atoms with Crippen molar-refractivity contribution >= 4 is 5.97 Å². The summed E-state index contributed by atoms with van der Waals surface area (Å²) < 4.78 is 0. The monoisotopic (exact) mass is 272 g/mol. The Kier molecular flexibility index (Phi) is 10.0. The molecule has 0 aliphatic carbocycles. The van der Waals surface area contributed by atoms with Crippen molar-refractivity contribution in [2.75, 3.05) is 0 Å². The van der Waals surface area contributed by atoms with Crippen LogP contribution in [0.4, 0.5) is 0 Å². The van der Waals surface area contributed by atoms with E-state index in [4.69, 9.17) is 5.11 Å². The molecule has 0 spiro atoms. The second-order valence-electron chi connectivity index (χ2n) is 4.65. The van der Waals surface area contributed by atoms with Gasteiger partial charge in [0, 0.05) is 0 Å². The van der Waals surface area contributed by atoms with Crippen molar-refractivity contribution in [1.29, 1.82) is 0 Å². The average molecular weight is 272 g/mol. The molecule has 0 aliphatic rings. The molecular weight excluding hydrogens is 251 g/mol. The third-order valence-electron chi connectivity index (χ3n) is 3.09. The van der Waals surface area contributed by atoms with E-state index in [1.54, 1.807) is 6.07 Å². The standard InChI is InChI=1S/C15H22O3.Na/c1-2-3-4-5-6-7-8-12-9-10-14(16)13(11-12)15(17)18;/h9-11,16H,2-8H2,1H3,(H,17,18);/q;+1/p-1. The smallest absolute Gasteiger partial charge is 0.872 e. The summed E-state index contributed by atoms with van der Waals surface area (Å²) in [6, 6.07) is 4.60. The van der Waals surface area contributed by atoms with Gasteiger partial charge in [-0.2, -0.15) is 0 Å². The Hall–Kier alpha value is -0.510. The van der Waals surface area contributed by atoms with Crippen LogP contribution in [0.1, 0.15) is 61.4 Å². The maximum Gasteiger partial charge on any atom is 1.00 e. The van der Waals surface area contributed by atoms with Gasteiger partial charge in [0.2, 0.25) is 0 Å². The minimum atomic E-state index is -1.13. The Morgan fingerprint density at radius 3 is 2.42 bits per heavy atom. The van der Waals surface area contributed by atoms with Crippen LogP contribution in [0.15, 0.2) is 18.2 Å². The van der Waals surface area contributed by atoms with Gasteiger partial charge in [0.25, 0.3) is 0 Å². The van der Waals surface area contributed by atoms with Crippen molar-refractivity contribution in [1.82, 2.24) is 0 Å². The number of aryl methyl sites for hydroxylation is 1. The summed E-state index contributed by atoms with van der Waals surface area (Å²) in [6.07, 6.45) is 8.12. The molecule has 19 heavy (non-hydrogen) atoms. The van der Waals surface area contributed by atoms with Crippen molar-refractivity contribution < 1.29 is 44.6 Å². The molecule has 1 aromatic carbocycles. The van der Waals surface area contributed by atoms with E-state index in [0.717, 1.165) is 18.4 Å². The minimum Gasteiger partial charge on any atom is -0.872 e. The number of hydrogen-bond acceptors (Lipinski definition) is 2. The molecule has 4 heteroatoms. The van der Waals surface area contributed by atoms with Crippen LogP contribution in [-0.4, -0.2) is 11.1 Å². The van der Waals surface area contributed by atoms with Gasteiger partial charge in [-0.15, -0.1) is 0 Å². The zero-order chi connectivity index (χ0) is 13.4. The van der Waals surface area contributed by atoms with E-state index < -0.39 is 11.7 Å². The number of carbonyl (C=O) groups is 1. The van der Waals surface area contributed by atoms with Gasteiger partial charge in [-0.3, -0.25) is 0 Å². The first-order chi connectivity index (χ1) is 8.65. The fraction of sp³-hybridized carbons (Fsp3) is 0.533. The van der Waals surface area contributed by atoms with E-state index in [0.29, 0.717) is 0 Å². The Labute approximate surface area is 137 Å². The summed E-state index contributed by atoms with van der Waals surface area (Å²) in [5.41, 5.74) is 0.834. The first-order valence-electron chi connectivity index (χ1n) is 6.68. The van der Waals surface area contributed by atoms with Gasteiger partial charge in [0.05, 0.1) is 5.56 Å². The van der Waals surface area contributed by atoms with Gasteiger partial charge in [0.15, 0.2) is 0 Å². The van der Waals surface area contributed by atoms with Crippen LogP contribution >= 0.6 is 0 Å². The van der Waals surface area contributed by atoms with E-state index in [-0.39, 0.29) is 35.1 Å². The van der Waals surface area contributed by atoms with Gasteiger partial charge in [-0.25, -0.2) is 4.79 Å². The topological polar surface area (TPSA) is 60.4 Å².